The first-order valence-corrected chi connectivity index (χ1v) is 9.59. The summed E-state index contributed by atoms with van der Waals surface area (Å²) in [5.41, 5.74) is 1.79. The van der Waals surface area contributed by atoms with Gasteiger partial charge in [-0.2, -0.15) is 0 Å². The lowest BCUT2D eigenvalue weighted by Crippen LogP contribution is -2.16. The molecular formula is C25H20O6. The highest BCUT2D eigenvalue weighted by atomic mass is 16.5. The number of esters is 1. The molecular weight excluding hydrogens is 396 g/mol. The Hall–Kier alpha value is -4.06. The molecule has 0 atom stereocenters. The number of carbonyl (C=O) groups excluding carboxylic acids is 1. The highest BCUT2D eigenvalue weighted by Crippen LogP contribution is 2.36. The molecule has 1 heterocycles. The topological polar surface area (TPSA) is 75.0 Å². The summed E-state index contributed by atoms with van der Waals surface area (Å²) in [4.78, 5) is 26.0. The van der Waals surface area contributed by atoms with Gasteiger partial charge in [-0.05, 0) is 49.4 Å². The Bertz CT molecular complexity index is 1320. The van der Waals surface area contributed by atoms with E-state index in [2.05, 4.69) is 0 Å². The Morgan fingerprint density at radius 3 is 2.29 bits per heavy atom. The van der Waals surface area contributed by atoms with Crippen LogP contribution in [0, 0.1) is 6.92 Å². The number of ether oxygens (including phenoxy) is 3. The van der Waals surface area contributed by atoms with Crippen molar-refractivity contribution < 1.29 is 23.4 Å². The van der Waals surface area contributed by atoms with Crippen LogP contribution in [-0.2, 0) is 0 Å². The summed E-state index contributed by atoms with van der Waals surface area (Å²) in [5.74, 6) is 0.269. The Balaban J connectivity index is 1.89. The van der Waals surface area contributed by atoms with Crippen molar-refractivity contribution in [3.8, 4) is 28.6 Å². The van der Waals surface area contributed by atoms with Crippen molar-refractivity contribution in [1.82, 2.24) is 0 Å². The van der Waals surface area contributed by atoms with Crippen LogP contribution < -0.4 is 19.6 Å². The maximum Gasteiger partial charge on any atom is 0.343 e. The molecule has 3 aromatic carbocycles. The van der Waals surface area contributed by atoms with Crippen LogP contribution in [0.4, 0.5) is 0 Å². The number of aryl methyl sites for hydroxylation is 1. The van der Waals surface area contributed by atoms with Crippen LogP contribution in [0.15, 0.2) is 75.9 Å². The van der Waals surface area contributed by atoms with Gasteiger partial charge in [0.1, 0.15) is 5.58 Å². The van der Waals surface area contributed by atoms with E-state index >= 15 is 0 Å². The number of carbonyl (C=O) groups is 1. The zero-order valence-electron chi connectivity index (χ0n) is 17.3. The van der Waals surface area contributed by atoms with E-state index < -0.39 is 11.4 Å². The van der Waals surface area contributed by atoms with Gasteiger partial charge in [-0.1, -0.05) is 29.8 Å². The van der Waals surface area contributed by atoms with E-state index in [4.69, 9.17) is 18.6 Å². The van der Waals surface area contributed by atoms with Gasteiger partial charge in [0, 0.05) is 5.56 Å². The summed E-state index contributed by atoms with van der Waals surface area (Å²) in [6.07, 6.45) is 0. The normalized spacial score (nSPS) is 10.7. The lowest BCUT2D eigenvalue weighted by Gasteiger charge is -2.13. The third-order valence-corrected chi connectivity index (χ3v) is 4.88. The summed E-state index contributed by atoms with van der Waals surface area (Å²) in [6.45, 7) is 1.92. The number of para-hydroxylation sites is 1. The minimum atomic E-state index is -0.649. The van der Waals surface area contributed by atoms with Gasteiger partial charge in [0.15, 0.2) is 17.3 Å². The van der Waals surface area contributed by atoms with Crippen LogP contribution in [0.2, 0.25) is 0 Å². The van der Waals surface area contributed by atoms with Gasteiger partial charge in [-0.15, -0.1) is 0 Å². The number of benzene rings is 3. The zero-order valence-corrected chi connectivity index (χ0v) is 17.3. The minimum absolute atomic E-state index is 0.130. The van der Waals surface area contributed by atoms with E-state index in [0.29, 0.717) is 33.6 Å². The molecule has 0 saturated carbocycles. The SMILES string of the molecule is COc1ccc(-c2oc3ccccc3c(=O)c2OC(=O)c2ccc(C)cc2)cc1OC. The van der Waals surface area contributed by atoms with Gasteiger partial charge in [0.25, 0.3) is 0 Å². The zero-order chi connectivity index (χ0) is 22.0. The lowest BCUT2D eigenvalue weighted by atomic mass is 10.1. The molecule has 0 radical (unpaired) electrons. The van der Waals surface area contributed by atoms with Gasteiger partial charge >= 0.3 is 5.97 Å². The van der Waals surface area contributed by atoms with E-state index in [9.17, 15) is 9.59 Å². The Kier molecular flexibility index (Phi) is 5.45. The maximum atomic E-state index is 13.2. The molecule has 0 spiro atoms. The Morgan fingerprint density at radius 2 is 1.58 bits per heavy atom. The fourth-order valence-electron chi connectivity index (χ4n) is 3.23. The Morgan fingerprint density at radius 1 is 0.871 bits per heavy atom. The number of fused-ring (bicyclic) bond motifs is 1. The minimum Gasteiger partial charge on any atom is -0.493 e. The molecule has 1 aromatic heterocycles. The Labute approximate surface area is 178 Å². The molecule has 156 valence electrons. The lowest BCUT2D eigenvalue weighted by molar-refractivity contribution is 0.0731. The molecule has 4 rings (SSSR count). The number of methoxy groups -OCH3 is 2. The van der Waals surface area contributed by atoms with E-state index in [-0.39, 0.29) is 11.5 Å². The van der Waals surface area contributed by atoms with Crippen LogP contribution in [0.1, 0.15) is 15.9 Å². The van der Waals surface area contributed by atoms with Crippen LogP contribution in [0.25, 0.3) is 22.3 Å². The smallest absolute Gasteiger partial charge is 0.343 e. The standard InChI is InChI=1S/C25H20O6/c1-15-8-10-16(11-9-15)25(27)31-24-22(26)18-6-4-5-7-19(18)30-23(24)17-12-13-20(28-2)21(14-17)29-3/h4-14H,1-3H3. The number of rotatable bonds is 5. The molecule has 0 aliphatic carbocycles. The fourth-order valence-corrected chi connectivity index (χ4v) is 3.23. The van der Waals surface area contributed by atoms with Gasteiger partial charge in [-0.25, -0.2) is 4.79 Å². The molecule has 31 heavy (non-hydrogen) atoms. The van der Waals surface area contributed by atoms with E-state index in [1.54, 1.807) is 66.7 Å². The second-order valence-corrected chi connectivity index (χ2v) is 6.91. The number of hydrogen-bond donors (Lipinski definition) is 0. The highest BCUT2D eigenvalue weighted by molar-refractivity contribution is 5.93. The monoisotopic (exact) mass is 416 g/mol. The molecule has 0 aliphatic rings. The molecule has 0 fully saturated rings. The second kappa shape index (κ2) is 8.36. The molecule has 6 heteroatoms. The first kappa shape index (κ1) is 20.2. The van der Waals surface area contributed by atoms with Crippen molar-refractivity contribution in [3.63, 3.8) is 0 Å². The predicted octanol–water partition coefficient (Wildman–Crippen LogP) is 5.00. The largest absolute Gasteiger partial charge is 0.493 e. The van der Waals surface area contributed by atoms with Gasteiger partial charge in [0.2, 0.25) is 11.2 Å². The van der Waals surface area contributed by atoms with Gasteiger partial charge in [-0.3, -0.25) is 4.79 Å². The summed E-state index contributed by atoms with van der Waals surface area (Å²) in [7, 11) is 3.04. The molecule has 0 amide bonds. The van der Waals surface area contributed by atoms with E-state index in [1.807, 2.05) is 6.92 Å². The summed E-state index contributed by atoms with van der Waals surface area (Å²) in [6, 6.07) is 18.8. The third-order valence-electron chi connectivity index (χ3n) is 4.88. The van der Waals surface area contributed by atoms with E-state index in [1.165, 1.54) is 14.2 Å². The van der Waals surface area contributed by atoms with Crippen molar-refractivity contribution in [1.29, 1.82) is 0 Å². The van der Waals surface area contributed by atoms with Crippen molar-refractivity contribution >= 4 is 16.9 Å². The van der Waals surface area contributed by atoms with Crippen LogP contribution in [0.5, 0.6) is 17.2 Å². The average Bonchev–Trinajstić information content (AvgIpc) is 2.80. The quantitative estimate of drug-likeness (QED) is 0.426. The van der Waals surface area contributed by atoms with E-state index in [0.717, 1.165) is 5.56 Å². The van der Waals surface area contributed by atoms with Crippen molar-refractivity contribution in [3.05, 3.63) is 88.1 Å². The molecule has 0 unspecified atom stereocenters. The number of hydrogen-bond acceptors (Lipinski definition) is 6. The van der Waals surface area contributed by atoms with Crippen LogP contribution in [-0.4, -0.2) is 20.2 Å². The van der Waals surface area contributed by atoms with Crippen LogP contribution in [0.3, 0.4) is 0 Å². The van der Waals surface area contributed by atoms with Crippen LogP contribution >= 0.6 is 0 Å². The molecule has 4 aromatic rings. The maximum absolute atomic E-state index is 13.2. The molecule has 0 bridgehead atoms. The second-order valence-electron chi connectivity index (χ2n) is 6.91. The van der Waals surface area contributed by atoms with Gasteiger partial charge in [0.05, 0.1) is 25.2 Å². The third kappa shape index (κ3) is 3.88. The van der Waals surface area contributed by atoms with Gasteiger partial charge < -0.3 is 18.6 Å². The highest BCUT2D eigenvalue weighted by Gasteiger charge is 2.22. The summed E-state index contributed by atoms with van der Waals surface area (Å²) < 4.78 is 22.2. The summed E-state index contributed by atoms with van der Waals surface area (Å²) >= 11 is 0. The van der Waals surface area contributed by atoms with Crippen molar-refractivity contribution in [2.75, 3.05) is 14.2 Å². The summed E-state index contributed by atoms with van der Waals surface area (Å²) in [5, 5.41) is 0.318. The fraction of sp³-hybridized carbons (Fsp3) is 0.120. The van der Waals surface area contributed by atoms with Crippen molar-refractivity contribution in [2.45, 2.75) is 6.92 Å². The first-order valence-electron chi connectivity index (χ1n) is 9.59. The molecule has 0 N–H and O–H groups in total. The first-order chi connectivity index (χ1) is 15.0. The predicted molar refractivity (Wildman–Crippen MR) is 117 cm³/mol. The van der Waals surface area contributed by atoms with Crippen molar-refractivity contribution in [2.24, 2.45) is 0 Å². The molecule has 6 nitrogen and oxygen atoms in total. The molecule has 0 saturated heterocycles. The average molecular weight is 416 g/mol. The molecule has 0 aliphatic heterocycles.